The van der Waals surface area contributed by atoms with Crippen molar-refractivity contribution < 1.29 is 14.1 Å². The number of rotatable bonds is 7. The second-order valence-corrected chi connectivity index (χ2v) is 6.59. The van der Waals surface area contributed by atoms with Crippen molar-refractivity contribution in [3.63, 3.8) is 0 Å². The van der Waals surface area contributed by atoms with Crippen molar-refractivity contribution in [3.05, 3.63) is 70.6 Å². The second-order valence-electron chi connectivity index (χ2n) is 6.15. The smallest absolute Gasteiger partial charge is 0.273 e. The van der Waals surface area contributed by atoms with E-state index in [1.165, 1.54) is 12.4 Å². The SMILES string of the molecule is Cc1cccnc1C[C@H](C)NC(=O)c1cc(COc2cncc(Cl)c2)on1. The summed E-state index contributed by atoms with van der Waals surface area (Å²) in [6.45, 7) is 4.03. The largest absolute Gasteiger partial charge is 0.484 e. The Morgan fingerprint density at radius 3 is 3.00 bits per heavy atom. The monoisotopic (exact) mass is 386 g/mol. The molecule has 0 spiro atoms. The Labute approximate surface area is 161 Å². The molecule has 1 atom stereocenters. The van der Waals surface area contributed by atoms with Gasteiger partial charge in [0.25, 0.3) is 5.91 Å². The van der Waals surface area contributed by atoms with Crippen molar-refractivity contribution in [1.82, 2.24) is 20.4 Å². The number of carbonyl (C=O) groups is 1. The fourth-order valence-corrected chi connectivity index (χ4v) is 2.65. The summed E-state index contributed by atoms with van der Waals surface area (Å²) in [6, 6.07) is 6.97. The molecule has 0 radical (unpaired) electrons. The zero-order valence-electron chi connectivity index (χ0n) is 15.0. The summed E-state index contributed by atoms with van der Waals surface area (Å²) >= 11 is 5.85. The van der Waals surface area contributed by atoms with Gasteiger partial charge in [0.15, 0.2) is 11.5 Å². The van der Waals surface area contributed by atoms with Gasteiger partial charge in [-0.3, -0.25) is 14.8 Å². The van der Waals surface area contributed by atoms with Gasteiger partial charge in [-0.1, -0.05) is 22.8 Å². The molecule has 0 aliphatic carbocycles. The molecule has 0 fully saturated rings. The molecule has 140 valence electrons. The topological polar surface area (TPSA) is 90.1 Å². The van der Waals surface area contributed by atoms with Crippen LogP contribution in [-0.4, -0.2) is 27.1 Å². The van der Waals surface area contributed by atoms with Crippen molar-refractivity contribution >= 4 is 17.5 Å². The maximum Gasteiger partial charge on any atom is 0.273 e. The summed E-state index contributed by atoms with van der Waals surface area (Å²) in [7, 11) is 0. The molecule has 0 saturated carbocycles. The summed E-state index contributed by atoms with van der Waals surface area (Å²) in [5, 5.41) is 7.17. The van der Waals surface area contributed by atoms with Gasteiger partial charge < -0.3 is 14.6 Å². The quantitative estimate of drug-likeness (QED) is 0.669. The standard InChI is InChI=1S/C19H19ClN4O3/c1-12-4-3-5-22-17(12)6-13(2)23-19(25)18-8-16(27-24-18)11-26-15-7-14(20)9-21-10-15/h3-5,7-10,13H,6,11H2,1-2H3,(H,23,25)/t13-/m0/s1. The van der Waals surface area contributed by atoms with Crippen molar-refractivity contribution in [2.45, 2.75) is 32.9 Å². The first-order valence-electron chi connectivity index (χ1n) is 8.41. The zero-order chi connectivity index (χ0) is 19.2. The first-order valence-corrected chi connectivity index (χ1v) is 8.79. The Hall–Kier alpha value is -2.93. The fourth-order valence-electron chi connectivity index (χ4n) is 2.48. The number of hydrogen-bond acceptors (Lipinski definition) is 6. The third-order valence-electron chi connectivity index (χ3n) is 3.85. The van der Waals surface area contributed by atoms with Crippen LogP contribution in [0.25, 0.3) is 0 Å². The normalized spacial score (nSPS) is 11.8. The second kappa shape index (κ2) is 8.64. The van der Waals surface area contributed by atoms with E-state index in [9.17, 15) is 4.79 Å². The Bertz CT molecular complexity index is 929. The summed E-state index contributed by atoms with van der Waals surface area (Å²) in [4.78, 5) is 20.6. The lowest BCUT2D eigenvalue weighted by molar-refractivity contribution is 0.0930. The minimum Gasteiger partial charge on any atom is -0.484 e. The van der Waals surface area contributed by atoms with Crippen LogP contribution in [0.1, 0.15) is 34.4 Å². The van der Waals surface area contributed by atoms with Crippen LogP contribution in [-0.2, 0) is 13.0 Å². The highest BCUT2D eigenvalue weighted by atomic mass is 35.5. The minimum absolute atomic E-state index is 0.0972. The number of nitrogens with zero attached hydrogens (tertiary/aromatic N) is 3. The van der Waals surface area contributed by atoms with Crippen LogP contribution >= 0.6 is 11.6 Å². The van der Waals surface area contributed by atoms with Crippen LogP contribution < -0.4 is 10.1 Å². The lowest BCUT2D eigenvalue weighted by Crippen LogP contribution is -2.34. The van der Waals surface area contributed by atoms with E-state index in [4.69, 9.17) is 20.9 Å². The number of carbonyl (C=O) groups excluding carboxylic acids is 1. The van der Waals surface area contributed by atoms with Crippen LogP contribution in [0.5, 0.6) is 5.75 Å². The molecule has 3 aromatic heterocycles. The molecule has 27 heavy (non-hydrogen) atoms. The van der Waals surface area contributed by atoms with E-state index in [-0.39, 0.29) is 24.2 Å². The molecule has 7 nitrogen and oxygen atoms in total. The number of aromatic nitrogens is 3. The molecule has 3 heterocycles. The number of hydrogen-bond donors (Lipinski definition) is 1. The Morgan fingerprint density at radius 2 is 2.22 bits per heavy atom. The van der Waals surface area contributed by atoms with E-state index < -0.39 is 0 Å². The molecular weight excluding hydrogens is 368 g/mol. The molecule has 0 aliphatic heterocycles. The molecule has 3 aromatic rings. The van der Waals surface area contributed by atoms with Gasteiger partial charge in [-0.25, -0.2) is 0 Å². The van der Waals surface area contributed by atoms with Gasteiger partial charge in [-0.2, -0.15) is 0 Å². The van der Waals surface area contributed by atoms with Crippen molar-refractivity contribution in [2.24, 2.45) is 0 Å². The van der Waals surface area contributed by atoms with Crippen molar-refractivity contribution in [1.29, 1.82) is 0 Å². The van der Waals surface area contributed by atoms with Crippen LogP contribution in [0.15, 0.2) is 47.4 Å². The van der Waals surface area contributed by atoms with Crippen LogP contribution in [0.3, 0.4) is 0 Å². The molecule has 3 rings (SSSR count). The summed E-state index contributed by atoms with van der Waals surface area (Å²) in [5.41, 5.74) is 2.24. The molecule has 0 aromatic carbocycles. The molecule has 1 amide bonds. The van der Waals surface area contributed by atoms with Gasteiger partial charge in [0.1, 0.15) is 12.4 Å². The van der Waals surface area contributed by atoms with Gasteiger partial charge in [-0.15, -0.1) is 0 Å². The first-order chi connectivity index (χ1) is 13.0. The third kappa shape index (κ3) is 5.27. The lowest BCUT2D eigenvalue weighted by Gasteiger charge is -2.13. The average molecular weight is 387 g/mol. The van der Waals surface area contributed by atoms with E-state index in [2.05, 4.69) is 20.4 Å². The van der Waals surface area contributed by atoms with Gasteiger partial charge in [0, 0.05) is 42.7 Å². The third-order valence-corrected chi connectivity index (χ3v) is 4.05. The molecule has 0 bridgehead atoms. The number of halogens is 1. The van der Waals surface area contributed by atoms with E-state index >= 15 is 0 Å². The van der Waals surface area contributed by atoms with E-state index in [1.54, 1.807) is 18.3 Å². The van der Waals surface area contributed by atoms with Crippen LogP contribution in [0.4, 0.5) is 0 Å². The molecule has 0 saturated heterocycles. The number of pyridine rings is 2. The minimum atomic E-state index is -0.310. The number of ether oxygens (including phenoxy) is 1. The summed E-state index contributed by atoms with van der Waals surface area (Å²) < 4.78 is 10.7. The van der Waals surface area contributed by atoms with Crippen molar-refractivity contribution in [3.8, 4) is 5.75 Å². The number of aryl methyl sites for hydroxylation is 1. The number of nitrogens with one attached hydrogen (secondary N) is 1. The van der Waals surface area contributed by atoms with Crippen LogP contribution in [0, 0.1) is 6.92 Å². The predicted octanol–water partition coefficient (Wildman–Crippen LogP) is 3.37. The highest BCUT2D eigenvalue weighted by Gasteiger charge is 2.16. The Morgan fingerprint density at radius 1 is 1.37 bits per heavy atom. The zero-order valence-corrected chi connectivity index (χ0v) is 15.7. The van der Waals surface area contributed by atoms with E-state index in [0.717, 1.165) is 11.3 Å². The van der Waals surface area contributed by atoms with E-state index in [1.807, 2.05) is 26.0 Å². The molecule has 0 aliphatic rings. The fraction of sp³-hybridized carbons (Fsp3) is 0.263. The average Bonchev–Trinajstić information content (AvgIpc) is 3.11. The van der Waals surface area contributed by atoms with E-state index in [0.29, 0.717) is 23.0 Å². The molecule has 8 heteroatoms. The lowest BCUT2D eigenvalue weighted by atomic mass is 10.1. The predicted molar refractivity (Wildman–Crippen MR) is 99.7 cm³/mol. The van der Waals surface area contributed by atoms with Gasteiger partial charge in [-0.05, 0) is 25.5 Å². The summed E-state index contributed by atoms with van der Waals surface area (Å²) in [5.74, 6) is 0.619. The first kappa shape index (κ1) is 18.8. The molecule has 1 N–H and O–H groups in total. The van der Waals surface area contributed by atoms with Gasteiger partial charge in [0.2, 0.25) is 0 Å². The molecular formula is C19H19ClN4O3. The van der Waals surface area contributed by atoms with Crippen molar-refractivity contribution in [2.75, 3.05) is 0 Å². The maximum absolute atomic E-state index is 12.3. The van der Waals surface area contributed by atoms with Crippen LogP contribution in [0.2, 0.25) is 5.02 Å². The van der Waals surface area contributed by atoms with Gasteiger partial charge in [0.05, 0.1) is 11.2 Å². The number of amides is 1. The Kier molecular flexibility index (Phi) is 6.03. The summed E-state index contributed by atoms with van der Waals surface area (Å²) in [6.07, 6.45) is 5.43. The molecule has 0 unspecified atom stereocenters. The highest BCUT2D eigenvalue weighted by molar-refractivity contribution is 6.30. The maximum atomic E-state index is 12.3. The van der Waals surface area contributed by atoms with Gasteiger partial charge >= 0.3 is 0 Å². The highest BCUT2D eigenvalue weighted by Crippen LogP contribution is 2.17. The Balaban J connectivity index is 1.54.